The third kappa shape index (κ3) is 2.37. The summed E-state index contributed by atoms with van der Waals surface area (Å²) < 4.78 is 20.7. The minimum absolute atomic E-state index is 0.223. The zero-order valence-corrected chi connectivity index (χ0v) is 12.8. The largest absolute Gasteiger partial charge is 0.371 e. The summed E-state index contributed by atoms with van der Waals surface area (Å²) in [7, 11) is 0. The standard InChI is InChI=1S/C18H17FN2O2/c1-18(7-2-8-23-18)13-5-3-12(4-6-13)15-11-21-10-14(19)9-16(21)17(22)20-15/h3-6,9-11H,2,7-8H2,1H3,(H,20,22). The van der Waals surface area contributed by atoms with Crippen LogP contribution in [0.25, 0.3) is 16.8 Å². The molecule has 3 heterocycles. The molecule has 0 spiro atoms. The number of aromatic nitrogens is 2. The van der Waals surface area contributed by atoms with E-state index in [1.807, 2.05) is 24.3 Å². The van der Waals surface area contributed by atoms with Crippen LogP contribution in [-0.4, -0.2) is 16.0 Å². The zero-order chi connectivity index (χ0) is 16.0. The number of aromatic amines is 1. The lowest BCUT2D eigenvalue weighted by Gasteiger charge is -2.23. The second-order valence-electron chi connectivity index (χ2n) is 6.21. The molecule has 2 aromatic heterocycles. The van der Waals surface area contributed by atoms with E-state index in [0.717, 1.165) is 30.6 Å². The van der Waals surface area contributed by atoms with Crippen LogP contribution in [0.15, 0.2) is 47.5 Å². The SMILES string of the molecule is CC1(c2ccc(-c3cn4cc(F)cc4c(=O)[nH]3)cc2)CCCO1. The average molecular weight is 312 g/mol. The van der Waals surface area contributed by atoms with E-state index in [4.69, 9.17) is 4.74 Å². The lowest BCUT2D eigenvalue weighted by molar-refractivity contribution is 0.0168. The van der Waals surface area contributed by atoms with Crippen LogP contribution in [0.5, 0.6) is 0 Å². The minimum atomic E-state index is -0.422. The summed E-state index contributed by atoms with van der Waals surface area (Å²) in [4.78, 5) is 14.9. The number of nitrogens with zero attached hydrogens (tertiary/aromatic N) is 1. The van der Waals surface area contributed by atoms with Crippen LogP contribution in [0.1, 0.15) is 25.3 Å². The molecule has 0 radical (unpaired) electrons. The van der Waals surface area contributed by atoms with E-state index in [-0.39, 0.29) is 11.2 Å². The zero-order valence-electron chi connectivity index (χ0n) is 12.8. The topological polar surface area (TPSA) is 46.5 Å². The Morgan fingerprint density at radius 3 is 2.74 bits per heavy atom. The van der Waals surface area contributed by atoms with Crippen LogP contribution < -0.4 is 5.56 Å². The predicted octanol–water partition coefficient (Wildman–Crippen LogP) is 3.46. The highest BCUT2D eigenvalue weighted by Crippen LogP contribution is 2.36. The number of benzene rings is 1. The average Bonchev–Trinajstić information content (AvgIpc) is 3.14. The fraction of sp³-hybridized carbons (Fsp3) is 0.278. The second-order valence-corrected chi connectivity index (χ2v) is 6.21. The van der Waals surface area contributed by atoms with Crippen LogP contribution in [0.4, 0.5) is 4.39 Å². The Labute approximate surface area is 132 Å². The summed E-state index contributed by atoms with van der Waals surface area (Å²) in [5.41, 5.74) is 2.44. The molecular formula is C18H17FN2O2. The van der Waals surface area contributed by atoms with Crippen molar-refractivity contribution in [2.45, 2.75) is 25.4 Å². The summed E-state index contributed by atoms with van der Waals surface area (Å²) in [5.74, 6) is -0.422. The molecule has 1 aliphatic heterocycles. The first-order chi connectivity index (χ1) is 11.0. The first-order valence-electron chi connectivity index (χ1n) is 7.71. The van der Waals surface area contributed by atoms with E-state index in [0.29, 0.717) is 11.2 Å². The van der Waals surface area contributed by atoms with Crippen molar-refractivity contribution in [1.29, 1.82) is 0 Å². The van der Waals surface area contributed by atoms with Crippen LogP contribution in [-0.2, 0) is 10.3 Å². The lowest BCUT2D eigenvalue weighted by Crippen LogP contribution is -2.19. The van der Waals surface area contributed by atoms with E-state index in [2.05, 4.69) is 11.9 Å². The van der Waals surface area contributed by atoms with Crippen LogP contribution in [0.2, 0.25) is 0 Å². The molecule has 0 saturated carbocycles. The molecule has 23 heavy (non-hydrogen) atoms. The summed E-state index contributed by atoms with van der Waals surface area (Å²) in [6.45, 7) is 2.90. The molecular weight excluding hydrogens is 295 g/mol. The molecule has 4 nitrogen and oxygen atoms in total. The van der Waals surface area contributed by atoms with Gasteiger partial charge >= 0.3 is 0 Å². The van der Waals surface area contributed by atoms with Gasteiger partial charge in [-0.25, -0.2) is 4.39 Å². The van der Waals surface area contributed by atoms with Crippen molar-refractivity contribution in [2.24, 2.45) is 0 Å². The van der Waals surface area contributed by atoms with Crippen molar-refractivity contribution in [3.05, 3.63) is 64.5 Å². The van der Waals surface area contributed by atoms with Crippen molar-refractivity contribution in [3.8, 4) is 11.3 Å². The van der Waals surface area contributed by atoms with Gasteiger partial charge in [-0.2, -0.15) is 0 Å². The molecule has 3 aromatic rings. The number of hydrogen-bond acceptors (Lipinski definition) is 2. The summed E-state index contributed by atoms with van der Waals surface area (Å²) in [6.07, 6.45) is 5.11. The van der Waals surface area contributed by atoms with E-state index >= 15 is 0 Å². The predicted molar refractivity (Wildman–Crippen MR) is 85.9 cm³/mol. The monoisotopic (exact) mass is 312 g/mol. The molecule has 118 valence electrons. The van der Waals surface area contributed by atoms with Gasteiger partial charge in [0, 0.05) is 25.1 Å². The quantitative estimate of drug-likeness (QED) is 0.787. The molecule has 1 saturated heterocycles. The number of H-pyrrole nitrogens is 1. The Hall–Kier alpha value is -2.40. The van der Waals surface area contributed by atoms with E-state index in [1.54, 1.807) is 6.20 Å². The third-order valence-electron chi connectivity index (χ3n) is 4.59. The number of halogens is 1. The summed E-state index contributed by atoms with van der Waals surface area (Å²) in [6, 6.07) is 9.20. The molecule has 0 aliphatic carbocycles. The van der Waals surface area contributed by atoms with E-state index in [1.165, 1.54) is 16.7 Å². The highest BCUT2D eigenvalue weighted by molar-refractivity contribution is 5.61. The third-order valence-corrected chi connectivity index (χ3v) is 4.59. The van der Waals surface area contributed by atoms with E-state index in [9.17, 15) is 9.18 Å². The minimum Gasteiger partial charge on any atom is -0.371 e. The van der Waals surface area contributed by atoms with Crippen molar-refractivity contribution in [1.82, 2.24) is 9.38 Å². The molecule has 5 heteroatoms. The Morgan fingerprint density at radius 1 is 1.26 bits per heavy atom. The number of hydrogen-bond donors (Lipinski definition) is 1. The Balaban J connectivity index is 1.74. The van der Waals surface area contributed by atoms with Gasteiger partial charge < -0.3 is 14.1 Å². The van der Waals surface area contributed by atoms with Gasteiger partial charge in [-0.1, -0.05) is 24.3 Å². The van der Waals surface area contributed by atoms with E-state index < -0.39 is 5.82 Å². The highest BCUT2D eigenvalue weighted by Gasteiger charge is 2.31. The van der Waals surface area contributed by atoms with Crippen LogP contribution >= 0.6 is 0 Å². The maximum absolute atomic E-state index is 13.3. The Kier molecular flexibility index (Phi) is 3.13. The Morgan fingerprint density at radius 2 is 2.04 bits per heavy atom. The van der Waals surface area contributed by atoms with Gasteiger partial charge in [-0.15, -0.1) is 0 Å². The normalized spacial score (nSPS) is 21.1. The number of fused-ring (bicyclic) bond motifs is 1. The number of ether oxygens (including phenoxy) is 1. The number of rotatable bonds is 2. The second kappa shape index (κ2) is 5.06. The van der Waals surface area contributed by atoms with Crippen molar-refractivity contribution in [3.63, 3.8) is 0 Å². The summed E-state index contributed by atoms with van der Waals surface area (Å²) in [5, 5.41) is 0. The smallest absolute Gasteiger partial charge is 0.272 e. The van der Waals surface area contributed by atoms with Gasteiger partial charge in [-0.05, 0) is 30.9 Å². The molecule has 0 amide bonds. The Bertz CT molecular complexity index is 918. The molecule has 1 N–H and O–H groups in total. The van der Waals surface area contributed by atoms with Crippen LogP contribution in [0, 0.1) is 5.82 Å². The first kappa shape index (κ1) is 14.2. The first-order valence-corrected chi connectivity index (χ1v) is 7.71. The van der Waals surface area contributed by atoms with Gasteiger partial charge in [0.25, 0.3) is 5.56 Å². The molecule has 0 bridgehead atoms. The maximum Gasteiger partial charge on any atom is 0.272 e. The molecule has 1 atom stereocenters. The molecule has 1 fully saturated rings. The molecule has 1 unspecified atom stereocenters. The van der Waals surface area contributed by atoms with Crippen molar-refractivity contribution >= 4 is 5.52 Å². The van der Waals surface area contributed by atoms with Gasteiger partial charge in [0.1, 0.15) is 11.3 Å². The fourth-order valence-corrected chi connectivity index (χ4v) is 3.25. The van der Waals surface area contributed by atoms with Crippen molar-refractivity contribution in [2.75, 3.05) is 6.61 Å². The lowest BCUT2D eigenvalue weighted by atomic mass is 9.92. The molecule has 1 aromatic carbocycles. The highest BCUT2D eigenvalue weighted by atomic mass is 19.1. The van der Waals surface area contributed by atoms with Gasteiger partial charge in [0.05, 0.1) is 11.3 Å². The van der Waals surface area contributed by atoms with Gasteiger partial charge in [-0.3, -0.25) is 4.79 Å². The fourth-order valence-electron chi connectivity index (χ4n) is 3.25. The van der Waals surface area contributed by atoms with Gasteiger partial charge in [0.2, 0.25) is 0 Å². The number of nitrogens with one attached hydrogen (secondary N) is 1. The van der Waals surface area contributed by atoms with Crippen molar-refractivity contribution < 1.29 is 9.13 Å². The molecule has 4 rings (SSSR count). The summed E-state index contributed by atoms with van der Waals surface area (Å²) >= 11 is 0. The van der Waals surface area contributed by atoms with Gasteiger partial charge in [0.15, 0.2) is 0 Å². The van der Waals surface area contributed by atoms with Crippen LogP contribution in [0.3, 0.4) is 0 Å². The maximum atomic E-state index is 13.3. The molecule has 1 aliphatic rings.